The fourth-order valence-corrected chi connectivity index (χ4v) is 4.97. The number of nitrogens with one attached hydrogen (secondary N) is 2. The Kier molecular flexibility index (Phi) is 7.30. The fourth-order valence-electron chi connectivity index (χ4n) is 4.97. The highest BCUT2D eigenvalue weighted by Gasteiger charge is 2.15. The summed E-state index contributed by atoms with van der Waals surface area (Å²) in [7, 11) is 0. The van der Waals surface area contributed by atoms with Crippen molar-refractivity contribution in [3.05, 3.63) is 139 Å². The quantitative estimate of drug-likeness (QED) is 0.209. The second-order valence-electron chi connectivity index (χ2n) is 10.2. The molecule has 3 aromatic heterocycles. The normalized spacial score (nSPS) is 11.0. The van der Waals surface area contributed by atoms with E-state index in [1.54, 1.807) is 0 Å². The molecule has 0 aliphatic heterocycles. The second-order valence-corrected chi connectivity index (χ2v) is 10.2. The van der Waals surface area contributed by atoms with Crippen LogP contribution in [-0.4, -0.2) is 25.5 Å². The first-order chi connectivity index (χ1) is 20.5. The van der Waals surface area contributed by atoms with Crippen LogP contribution in [0.1, 0.15) is 23.4 Å². The van der Waals surface area contributed by atoms with Crippen molar-refractivity contribution >= 4 is 28.2 Å². The van der Waals surface area contributed by atoms with Crippen molar-refractivity contribution in [3.63, 3.8) is 0 Å². The summed E-state index contributed by atoms with van der Waals surface area (Å²) in [6.07, 6.45) is 2.11. The summed E-state index contributed by atoms with van der Waals surface area (Å²) in [4.78, 5) is 17.7. The largest absolute Gasteiger partial charge is 0.359 e. The summed E-state index contributed by atoms with van der Waals surface area (Å²) in [6.45, 7) is 10.4. The van der Waals surface area contributed by atoms with E-state index >= 15 is 0 Å². The standard InChI is InChI=1S/C35H30N6O/c1-23(37-24(2)27-10-6-4-7-11-27)20-33(42)36-22-26-14-16-29(17-15-26)34-30(28-12-8-5-9-13-28)21-31-32(38-34)18-19-41-25(3)39-40-35(31)41/h4-19,21,37H,1-2,20,22H2,3H3,(H,36,42). The van der Waals surface area contributed by atoms with E-state index in [1.165, 1.54) is 0 Å². The number of hydrogen-bond acceptors (Lipinski definition) is 5. The summed E-state index contributed by atoms with van der Waals surface area (Å²) in [5, 5.41) is 15.7. The van der Waals surface area contributed by atoms with Crippen LogP contribution < -0.4 is 10.6 Å². The van der Waals surface area contributed by atoms with E-state index in [9.17, 15) is 4.79 Å². The first kappa shape index (κ1) is 26.7. The van der Waals surface area contributed by atoms with Crippen molar-refractivity contribution < 1.29 is 4.79 Å². The lowest BCUT2D eigenvalue weighted by molar-refractivity contribution is -0.120. The maximum absolute atomic E-state index is 12.6. The summed E-state index contributed by atoms with van der Waals surface area (Å²) in [6, 6.07) is 32.3. The number of carbonyl (C=O) groups excluding carboxylic acids is 1. The van der Waals surface area contributed by atoms with Crippen molar-refractivity contribution in [1.29, 1.82) is 0 Å². The van der Waals surface area contributed by atoms with E-state index in [4.69, 9.17) is 4.98 Å². The number of benzene rings is 3. The highest BCUT2D eigenvalue weighted by molar-refractivity contribution is 5.98. The lowest BCUT2D eigenvalue weighted by Crippen LogP contribution is -2.25. The van der Waals surface area contributed by atoms with Gasteiger partial charge in [0, 0.05) is 40.6 Å². The van der Waals surface area contributed by atoms with Crippen LogP contribution in [0.4, 0.5) is 0 Å². The minimum Gasteiger partial charge on any atom is -0.359 e. The Morgan fingerprint density at radius 1 is 0.857 bits per heavy atom. The molecule has 7 nitrogen and oxygen atoms in total. The van der Waals surface area contributed by atoms with Gasteiger partial charge in [-0.25, -0.2) is 4.98 Å². The van der Waals surface area contributed by atoms with Crippen LogP contribution in [-0.2, 0) is 11.3 Å². The van der Waals surface area contributed by atoms with E-state index in [-0.39, 0.29) is 12.3 Å². The third kappa shape index (κ3) is 5.53. The van der Waals surface area contributed by atoms with Gasteiger partial charge in [0.15, 0.2) is 5.65 Å². The third-order valence-corrected chi connectivity index (χ3v) is 7.17. The number of aromatic nitrogens is 4. The molecule has 0 bridgehead atoms. The highest BCUT2D eigenvalue weighted by atomic mass is 16.1. The van der Waals surface area contributed by atoms with E-state index in [0.29, 0.717) is 17.9 Å². The zero-order chi connectivity index (χ0) is 29.1. The predicted octanol–water partition coefficient (Wildman–Crippen LogP) is 6.70. The maximum Gasteiger partial charge on any atom is 0.226 e. The van der Waals surface area contributed by atoms with Crippen molar-refractivity contribution in [3.8, 4) is 22.4 Å². The predicted molar refractivity (Wildman–Crippen MR) is 168 cm³/mol. The number of rotatable bonds is 9. The SMILES string of the molecule is C=C(CC(=O)NCc1ccc(-c2nc3ccn4c(C)nnc4c3cc2-c2ccccc2)cc1)NC(=C)c1ccccc1. The van der Waals surface area contributed by atoms with Crippen LogP contribution in [0.2, 0.25) is 0 Å². The molecule has 6 rings (SSSR count). The molecular formula is C35H30N6O. The van der Waals surface area contributed by atoms with Crippen molar-refractivity contribution in [1.82, 2.24) is 30.2 Å². The number of amides is 1. The minimum atomic E-state index is -0.116. The van der Waals surface area contributed by atoms with Gasteiger partial charge in [0.1, 0.15) is 5.82 Å². The molecule has 0 saturated heterocycles. The van der Waals surface area contributed by atoms with Gasteiger partial charge in [0.2, 0.25) is 5.91 Å². The average Bonchev–Trinajstić information content (AvgIpc) is 3.41. The smallest absolute Gasteiger partial charge is 0.226 e. The number of carbonyl (C=O) groups is 1. The molecule has 0 aliphatic rings. The zero-order valence-electron chi connectivity index (χ0n) is 23.3. The zero-order valence-corrected chi connectivity index (χ0v) is 23.3. The van der Waals surface area contributed by atoms with Crippen LogP contribution >= 0.6 is 0 Å². The summed E-state index contributed by atoms with van der Waals surface area (Å²) in [5.41, 5.74) is 8.83. The van der Waals surface area contributed by atoms with E-state index < -0.39 is 0 Å². The molecule has 7 heteroatoms. The minimum absolute atomic E-state index is 0.116. The molecule has 0 aliphatic carbocycles. The molecule has 0 atom stereocenters. The van der Waals surface area contributed by atoms with Crippen molar-refractivity contribution in [2.75, 3.05) is 0 Å². The van der Waals surface area contributed by atoms with Gasteiger partial charge in [0.25, 0.3) is 0 Å². The first-order valence-corrected chi connectivity index (χ1v) is 13.7. The number of hydrogen-bond donors (Lipinski definition) is 2. The van der Waals surface area contributed by atoms with E-state index in [0.717, 1.165) is 55.9 Å². The lowest BCUT2D eigenvalue weighted by atomic mass is 9.97. The van der Waals surface area contributed by atoms with Crippen LogP contribution in [0.5, 0.6) is 0 Å². The molecule has 1 amide bonds. The average molecular weight is 551 g/mol. The summed E-state index contributed by atoms with van der Waals surface area (Å²) in [5.74, 6) is 0.716. The Labute approximate surface area is 244 Å². The first-order valence-electron chi connectivity index (χ1n) is 13.7. The van der Waals surface area contributed by atoms with Crippen LogP contribution in [0, 0.1) is 6.92 Å². The topological polar surface area (TPSA) is 84.2 Å². The molecule has 0 spiro atoms. The van der Waals surface area contributed by atoms with Gasteiger partial charge in [-0.1, -0.05) is 98.1 Å². The fraction of sp³-hybridized carbons (Fsp3) is 0.0857. The molecule has 3 heterocycles. The monoisotopic (exact) mass is 550 g/mol. The molecule has 0 fully saturated rings. The van der Waals surface area contributed by atoms with Crippen LogP contribution in [0.25, 0.3) is 44.6 Å². The van der Waals surface area contributed by atoms with Gasteiger partial charge < -0.3 is 10.6 Å². The molecule has 0 saturated carbocycles. The lowest BCUT2D eigenvalue weighted by Gasteiger charge is -2.14. The van der Waals surface area contributed by atoms with Gasteiger partial charge in [-0.3, -0.25) is 9.20 Å². The number of fused-ring (bicyclic) bond motifs is 3. The number of aryl methyl sites for hydroxylation is 1. The van der Waals surface area contributed by atoms with Crippen LogP contribution in [0.15, 0.2) is 122 Å². The van der Waals surface area contributed by atoms with Gasteiger partial charge in [-0.15, -0.1) is 10.2 Å². The van der Waals surface area contributed by atoms with Crippen LogP contribution in [0.3, 0.4) is 0 Å². The Morgan fingerprint density at radius 2 is 1.57 bits per heavy atom. The second kappa shape index (κ2) is 11.5. The molecule has 206 valence electrons. The number of pyridine rings is 2. The molecular weight excluding hydrogens is 520 g/mol. The molecule has 2 N–H and O–H groups in total. The Morgan fingerprint density at radius 3 is 2.31 bits per heavy atom. The van der Waals surface area contributed by atoms with E-state index in [1.807, 2.05) is 96.4 Å². The maximum atomic E-state index is 12.6. The van der Waals surface area contributed by atoms with Crippen molar-refractivity contribution in [2.24, 2.45) is 0 Å². The molecule has 3 aromatic carbocycles. The molecule has 0 unspecified atom stereocenters. The molecule has 6 aromatic rings. The van der Waals surface area contributed by atoms with E-state index in [2.05, 4.69) is 52.2 Å². The number of nitrogens with zero attached hydrogens (tertiary/aromatic N) is 4. The Balaban J connectivity index is 1.19. The van der Waals surface area contributed by atoms with Gasteiger partial charge in [0.05, 0.1) is 17.6 Å². The Hall–Kier alpha value is -5.56. The van der Waals surface area contributed by atoms with Gasteiger partial charge in [-0.05, 0) is 35.7 Å². The Bertz CT molecular complexity index is 1930. The highest BCUT2D eigenvalue weighted by Crippen LogP contribution is 2.34. The summed E-state index contributed by atoms with van der Waals surface area (Å²) >= 11 is 0. The summed E-state index contributed by atoms with van der Waals surface area (Å²) < 4.78 is 1.98. The van der Waals surface area contributed by atoms with Gasteiger partial charge in [-0.2, -0.15) is 0 Å². The molecule has 42 heavy (non-hydrogen) atoms. The third-order valence-electron chi connectivity index (χ3n) is 7.17. The molecule has 0 radical (unpaired) electrons. The van der Waals surface area contributed by atoms with Crippen molar-refractivity contribution in [2.45, 2.75) is 19.9 Å². The van der Waals surface area contributed by atoms with Gasteiger partial charge >= 0.3 is 0 Å².